The molecule has 1 aromatic rings. The number of hydrogen-bond donors (Lipinski definition) is 1. The van der Waals surface area contributed by atoms with Gasteiger partial charge >= 0.3 is 0 Å². The Morgan fingerprint density at radius 1 is 1.44 bits per heavy atom. The summed E-state index contributed by atoms with van der Waals surface area (Å²) < 4.78 is 0. The van der Waals surface area contributed by atoms with E-state index in [1.54, 1.807) is 13.0 Å². The molecule has 5 heteroatoms. The lowest BCUT2D eigenvalue weighted by Gasteiger charge is -2.06. The van der Waals surface area contributed by atoms with Crippen LogP contribution in [0.15, 0.2) is 18.2 Å². The first-order chi connectivity index (χ1) is 7.52. The van der Waals surface area contributed by atoms with Crippen LogP contribution in [0.25, 0.3) is 0 Å². The van der Waals surface area contributed by atoms with Crippen LogP contribution in [0, 0.1) is 17.2 Å². The molecule has 0 saturated carbocycles. The number of nitriles is 1. The Morgan fingerprint density at radius 2 is 2.00 bits per heavy atom. The first-order valence-corrected chi connectivity index (χ1v) is 5.42. The minimum absolute atomic E-state index is 0.224. The van der Waals surface area contributed by atoms with Gasteiger partial charge in [0.2, 0.25) is 0 Å². The van der Waals surface area contributed by atoms with E-state index in [1.165, 1.54) is 12.1 Å². The van der Waals surface area contributed by atoms with Crippen molar-refractivity contribution in [3.8, 4) is 6.07 Å². The smallest absolute Gasteiger partial charge is 0.251 e. The average Bonchev–Trinajstić information content (AvgIpc) is 2.23. The van der Waals surface area contributed by atoms with Gasteiger partial charge in [0, 0.05) is 22.2 Å². The van der Waals surface area contributed by atoms with Gasteiger partial charge in [0.1, 0.15) is 0 Å². The highest BCUT2D eigenvalue weighted by atomic mass is 35.5. The van der Waals surface area contributed by atoms with Gasteiger partial charge in [-0.05, 0) is 25.1 Å². The second-order valence-electron chi connectivity index (χ2n) is 3.40. The lowest BCUT2D eigenvalue weighted by Crippen LogP contribution is -2.27. The Labute approximate surface area is 104 Å². The van der Waals surface area contributed by atoms with Gasteiger partial charge in [0.05, 0.1) is 12.0 Å². The number of amides is 1. The van der Waals surface area contributed by atoms with E-state index < -0.39 is 0 Å². The minimum atomic E-state index is -0.286. The van der Waals surface area contributed by atoms with Crippen LogP contribution in [0.1, 0.15) is 17.3 Å². The van der Waals surface area contributed by atoms with Gasteiger partial charge in [-0.2, -0.15) is 5.26 Å². The van der Waals surface area contributed by atoms with Crippen molar-refractivity contribution in [1.29, 1.82) is 5.26 Å². The quantitative estimate of drug-likeness (QED) is 0.905. The van der Waals surface area contributed by atoms with Gasteiger partial charge in [0.15, 0.2) is 0 Å². The van der Waals surface area contributed by atoms with E-state index in [4.69, 9.17) is 28.5 Å². The third-order valence-electron chi connectivity index (χ3n) is 1.91. The molecule has 1 rings (SSSR count). The van der Waals surface area contributed by atoms with Gasteiger partial charge in [-0.1, -0.05) is 23.2 Å². The minimum Gasteiger partial charge on any atom is -0.351 e. The molecule has 1 N–H and O–H groups in total. The summed E-state index contributed by atoms with van der Waals surface area (Å²) in [6.45, 7) is 2.03. The van der Waals surface area contributed by atoms with Crippen LogP contribution in [0.4, 0.5) is 0 Å². The van der Waals surface area contributed by atoms with Gasteiger partial charge in [0.25, 0.3) is 5.91 Å². The van der Waals surface area contributed by atoms with Crippen molar-refractivity contribution in [2.75, 3.05) is 6.54 Å². The molecular weight excluding hydrogens is 247 g/mol. The van der Waals surface area contributed by atoms with Crippen molar-refractivity contribution >= 4 is 29.1 Å². The maximum absolute atomic E-state index is 11.6. The molecule has 0 heterocycles. The lowest BCUT2D eigenvalue weighted by atomic mass is 10.2. The van der Waals surface area contributed by atoms with E-state index in [1.807, 2.05) is 6.07 Å². The first-order valence-electron chi connectivity index (χ1n) is 4.67. The van der Waals surface area contributed by atoms with Crippen LogP contribution in [-0.2, 0) is 0 Å². The molecule has 0 spiro atoms. The van der Waals surface area contributed by atoms with E-state index in [-0.39, 0.29) is 11.8 Å². The molecule has 0 aliphatic heterocycles. The summed E-state index contributed by atoms with van der Waals surface area (Å²) in [5.41, 5.74) is 0.391. The second kappa shape index (κ2) is 5.74. The molecule has 1 unspecified atom stereocenters. The largest absolute Gasteiger partial charge is 0.351 e. The highest BCUT2D eigenvalue weighted by Gasteiger charge is 2.08. The molecule has 0 fully saturated rings. The molecule has 16 heavy (non-hydrogen) atoms. The number of carbonyl (C=O) groups is 1. The fourth-order valence-corrected chi connectivity index (χ4v) is 1.60. The molecule has 0 saturated heterocycles. The fourth-order valence-electron chi connectivity index (χ4n) is 1.08. The molecule has 1 atom stereocenters. The first kappa shape index (κ1) is 12.8. The Kier molecular flexibility index (Phi) is 4.60. The van der Waals surface area contributed by atoms with Gasteiger partial charge in [-0.3, -0.25) is 4.79 Å². The number of nitrogens with zero attached hydrogens (tertiary/aromatic N) is 1. The summed E-state index contributed by atoms with van der Waals surface area (Å²) in [6, 6.07) is 6.64. The molecule has 1 amide bonds. The molecule has 3 nitrogen and oxygen atoms in total. The van der Waals surface area contributed by atoms with Crippen molar-refractivity contribution in [2.24, 2.45) is 5.92 Å². The molecule has 0 aliphatic carbocycles. The third-order valence-corrected chi connectivity index (χ3v) is 2.35. The third kappa shape index (κ3) is 3.73. The molecule has 1 aromatic carbocycles. The zero-order valence-corrected chi connectivity index (χ0v) is 10.1. The van der Waals surface area contributed by atoms with Crippen molar-refractivity contribution in [3.63, 3.8) is 0 Å². The molecule has 0 radical (unpaired) electrons. The summed E-state index contributed by atoms with van der Waals surface area (Å²) in [4.78, 5) is 11.6. The monoisotopic (exact) mass is 256 g/mol. The SMILES string of the molecule is CC(C#N)CNC(=O)c1cc(Cl)cc(Cl)c1. The predicted molar refractivity (Wildman–Crippen MR) is 63.6 cm³/mol. The van der Waals surface area contributed by atoms with E-state index in [0.29, 0.717) is 22.2 Å². The molecule has 0 aromatic heterocycles. The molecule has 84 valence electrons. The zero-order valence-electron chi connectivity index (χ0n) is 8.63. The molecule has 0 aliphatic rings. The van der Waals surface area contributed by atoms with E-state index in [0.717, 1.165) is 0 Å². The Bertz CT molecular complexity index is 420. The second-order valence-corrected chi connectivity index (χ2v) is 4.27. The lowest BCUT2D eigenvalue weighted by molar-refractivity contribution is 0.0951. The maximum atomic E-state index is 11.6. The maximum Gasteiger partial charge on any atom is 0.251 e. The standard InChI is InChI=1S/C11H10Cl2N2O/c1-7(5-14)6-15-11(16)8-2-9(12)4-10(13)3-8/h2-4,7H,6H2,1H3,(H,15,16). The van der Waals surface area contributed by atoms with Gasteiger partial charge < -0.3 is 5.32 Å². The summed E-state index contributed by atoms with van der Waals surface area (Å²) in [5.74, 6) is -0.509. The van der Waals surface area contributed by atoms with E-state index in [2.05, 4.69) is 5.32 Å². The topological polar surface area (TPSA) is 52.9 Å². The van der Waals surface area contributed by atoms with Crippen LogP contribution in [0.3, 0.4) is 0 Å². The number of carbonyl (C=O) groups excluding carboxylic acids is 1. The van der Waals surface area contributed by atoms with Crippen molar-refractivity contribution in [3.05, 3.63) is 33.8 Å². The summed E-state index contributed by atoms with van der Waals surface area (Å²) in [6.07, 6.45) is 0. The highest BCUT2D eigenvalue weighted by Crippen LogP contribution is 2.18. The molecule has 0 bridgehead atoms. The summed E-state index contributed by atoms with van der Waals surface area (Å²) in [7, 11) is 0. The van der Waals surface area contributed by atoms with Crippen LogP contribution in [0.5, 0.6) is 0 Å². The average molecular weight is 257 g/mol. The highest BCUT2D eigenvalue weighted by molar-refractivity contribution is 6.35. The van der Waals surface area contributed by atoms with Crippen LogP contribution in [-0.4, -0.2) is 12.5 Å². The summed E-state index contributed by atoms with van der Waals surface area (Å²) in [5, 5.41) is 12.0. The normalized spacial score (nSPS) is 11.6. The van der Waals surface area contributed by atoms with Crippen molar-refractivity contribution in [2.45, 2.75) is 6.92 Å². The fraction of sp³-hybridized carbons (Fsp3) is 0.273. The Balaban J connectivity index is 2.70. The van der Waals surface area contributed by atoms with Crippen LogP contribution in [0.2, 0.25) is 10.0 Å². The van der Waals surface area contributed by atoms with Gasteiger partial charge in [-0.15, -0.1) is 0 Å². The van der Waals surface area contributed by atoms with Gasteiger partial charge in [-0.25, -0.2) is 0 Å². The number of halogens is 2. The van der Waals surface area contributed by atoms with Crippen LogP contribution >= 0.6 is 23.2 Å². The van der Waals surface area contributed by atoms with Crippen molar-refractivity contribution < 1.29 is 4.79 Å². The number of benzene rings is 1. The molecular formula is C11H10Cl2N2O. The Morgan fingerprint density at radius 3 is 2.50 bits per heavy atom. The predicted octanol–water partition coefficient (Wildman–Crippen LogP) is 2.88. The van der Waals surface area contributed by atoms with Crippen LogP contribution < -0.4 is 5.32 Å². The van der Waals surface area contributed by atoms with Crippen molar-refractivity contribution in [1.82, 2.24) is 5.32 Å². The zero-order chi connectivity index (χ0) is 12.1. The van der Waals surface area contributed by atoms with E-state index in [9.17, 15) is 4.79 Å². The number of nitrogens with one attached hydrogen (secondary N) is 1. The number of hydrogen-bond acceptors (Lipinski definition) is 2. The summed E-state index contributed by atoms with van der Waals surface area (Å²) >= 11 is 11.5. The van der Waals surface area contributed by atoms with E-state index >= 15 is 0 Å². The Hall–Kier alpha value is -1.24. The number of rotatable bonds is 3.